The lowest BCUT2D eigenvalue weighted by atomic mass is 9.96. The minimum Gasteiger partial charge on any atom is -0.452 e. The van der Waals surface area contributed by atoms with Crippen LogP contribution < -0.4 is 0 Å². The molecule has 2 nitrogen and oxygen atoms in total. The van der Waals surface area contributed by atoms with Gasteiger partial charge in [-0.1, -0.05) is 103 Å². The summed E-state index contributed by atoms with van der Waals surface area (Å²) in [6, 6.07) is 33.5. The fourth-order valence-corrected chi connectivity index (χ4v) is 3.59. The SMILES string of the molecule is C[C@@H](C(=O)OC(c1ccccc1)c1ccccc1)c1ccc(-c2ccccc2)c(F)c1. The number of benzene rings is 4. The molecule has 4 rings (SSSR count). The summed E-state index contributed by atoms with van der Waals surface area (Å²) in [6.45, 7) is 1.74. The van der Waals surface area contributed by atoms with E-state index >= 15 is 0 Å². The predicted octanol–water partition coefficient (Wildman–Crippen LogP) is 6.93. The van der Waals surface area contributed by atoms with E-state index in [4.69, 9.17) is 4.74 Å². The zero-order valence-electron chi connectivity index (χ0n) is 17.2. The van der Waals surface area contributed by atoms with Crippen molar-refractivity contribution in [2.75, 3.05) is 0 Å². The third-order valence-corrected chi connectivity index (χ3v) is 5.37. The van der Waals surface area contributed by atoms with Crippen LogP contribution in [0.3, 0.4) is 0 Å². The topological polar surface area (TPSA) is 26.3 Å². The standard InChI is InChI=1S/C28H23FO2/c1-20(24-17-18-25(26(29)19-24)21-11-5-2-6-12-21)28(30)31-27(22-13-7-3-8-14-22)23-15-9-4-10-16-23/h2-20,27H,1H3/t20-/m1/s1. The summed E-state index contributed by atoms with van der Waals surface area (Å²) < 4.78 is 20.7. The van der Waals surface area contributed by atoms with E-state index in [-0.39, 0.29) is 5.82 Å². The van der Waals surface area contributed by atoms with Gasteiger partial charge < -0.3 is 4.74 Å². The highest BCUT2D eigenvalue weighted by molar-refractivity contribution is 5.78. The van der Waals surface area contributed by atoms with Crippen LogP contribution in [0.15, 0.2) is 109 Å². The zero-order chi connectivity index (χ0) is 21.6. The fraction of sp³-hybridized carbons (Fsp3) is 0.107. The summed E-state index contributed by atoms with van der Waals surface area (Å²) in [5, 5.41) is 0. The largest absolute Gasteiger partial charge is 0.452 e. The van der Waals surface area contributed by atoms with Crippen molar-refractivity contribution in [2.45, 2.75) is 18.9 Å². The van der Waals surface area contributed by atoms with Crippen LogP contribution in [-0.2, 0) is 9.53 Å². The molecule has 0 bridgehead atoms. The van der Waals surface area contributed by atoms with Crippen LogP contribution in [0.2, 0.25) is 0 Å². The Bertz CT molecular complexity index is 1100. The molecule has 3 heteroatoms. The summed E-state index contributed by atoms with van der Waals surface area (Å²) in [4.78, 5) is 13.0. The summed E-state index contributed by atoms with van der Waals surface area (Å²) in [6.07, 6.45) is -0.522. The van der Waals surface area contributed by atoms with Crippen molar-refractivity contribution in [2.24, 2.45) is 0 Å². The Hall–Kier alpha value is -3.72. The quantitative estimate of drug-likeness (QED) is 0.322. The van der Waals surface area contributed by atoms with Crippen LogP contribution >= 0.6 is 0 Å². The van der Waals surface area contributed by atoms with Crippen molar-refractivity contribution in [3.8, 4) is 11.1 Å². The number of esters is 1. The minimum absolute atomic E-state index is 0.356. The number of ether oxygens (including phenoxy) is 1. The number of halogens is 1. The van der Waals surface area contributed by atoms with Gasteiger partial charge in [0.2, 0.25) is 0 Å². The van der Waals surface area contributed by atoms with E-state index in [0.717, 1.165) is 16.7 Å². The van der Waals surface area contributed by atoms with Crippen LogP contribution in [0.1, 0.15) is 35.6 Å². The lowest BCUT2D eigenvalue weighted by Crippen LogP contribution is -2.18. The van der Waals surface area contributed by atoms with E-state index in [1.54, 1.807) is 19.1 Å². The molecule has 0 fully saturated rings. The van der Waals surface area contributed by atoms with E-state index in [0.29, 0.717) is 11.1 Å². The van der Waals surface area contributed by atoms with Crippen LogP contribution in [0.5, 0.6) is 0 Å². The molecule has 0 saturated carbocycles. The van der Waals surface area contributed by atoms with Crippen LogP contribution in [-0.4, -0.2) is 5.97 Å². The first-order valence-corrected chi connectivity index (χ1v) is 10.3. The molecule has 0 aliphatic heterocycles. The molecule has 0 radical (unpaired) electrons. The van der Waals surface area contributed by atoms with Gasteiger partial charge in [0, 0.05) is 5.56 Å². The summed E-state index contributed by atoms with van der Waals surface area (Å²) in [5.41, 5.74) is 3.67. The maximum atomic E-state index is 14.8. The second-order valence-corrected chi connectivity index (χ2v) is 7.47. The fourth-order valence-electron chi connectivity index (χ4n) is 3.59. The predicted molar refractivity (Wildman–Crippen MR) is 121 cm³/mol. The number of hydrogen-bond donors (Lipinski definition) is 0. The second-order valence-electron chi connectivity index (χ2n) is 7.47. The van der Waals surface area contributed by atoms with Crippen molar-refractivity contribution >= 4 is 5.97 Å². The third-order valence-electron chi connectivity index (χ3n) is 5.37. The molecule has 0 N–H and O–H groups in total. The molecule has 0 aromatic heterocycles. The summed E-state index contributed by atoms with van der Waals surface area (Å²) in [7, 11) is 0. The normalized spacial score (nSPS) is 11.8. The highest BCUT2D eigenvalue weighted by Gasteiger charge is 2.24. The Morgan fingerprint density at radius 3 is 1.74 bits per heavy atom. The highest BCUT2D eigenvalue weighted by atomic mass is 19.1. The number of carbonyl (C=O) groups is 1. The van der Waals surface area contributed by atoms with Crippen molar-refractivity contribution in [1.29, 1.82) is 0 Å². The van der Waals surface area contributed by atoms with Crippen LogP contribution in [0.25, 0.3) is 11.1 Å². The minimum atomic E-state index is -0.603. The van der Waals surface area contributed by atoms with E-state index in [1.807, 2.05) is 91.0 Å². The first kappa shape index (κ1) is 20.5. The van der Waals surface area contributed by atoms with Gasteiger partial charge in [-0.3, -0.25) is 4.79 Å². The van der Waals surface area contributed by atoms with Gasteiger partial charge in [0.05, 0.1) is 5.92 Å². The molecule has 0 unspecified atom stereocenters. The molecule has 0 heterocycles. The number of carbonyl (C=O) groups excluding carboxylic acids is 1. The van der Waals surface area contributed by atoms with Gasteiger partial charge in [-0.25, -0.2) is 4.39 Å². The maximum absolute atomic E-state index is 14.8. The van der Waals surface area contributed by atoms with Gasteiger partial charge in [0.15, 0.2) is 6.10 Å². The summed E-state index contributed by atoms with van der Waals surface area (Å²) in [5.74, 6) is -1.36. The maximum Gasteiger partial charge on any atom is 0.314 e. The molecule has 31 heavy (non-hydrogen) atoms. The molecular formula is C28H23FO2. The van der Waals surface area contributed by atoms with Gasteiger partial charge in [0.25, 0.3) is 0 Å². The van der Waals surface area contributed by atoms with Crippen molar-refractivity contribution < 1.29 is 13.9 Å². The smallest absolute Gasteiger partial charge is 0.314 e. The monoisotopic (exact) mass is 410 g/mol. The van der Waals surface area contributed by atoms with Crippen LogP contribution in [0, 0.1) is 5.82 Å². The Morgan fingerprint density at radius 2 is 1.23 bits per heavy atom. The molecule has 0 aliphatic rings. The van der Waals surface area contributed by atoms with Gasteiger partial charge in [-0.15, -0.1) is 0 Å². The molecule has 0 saturated heterocycles. The molecule has 0 spiro atoms. The lowest BCUT2D eigenvalue weighted by Gasteiger charge is -2.21. The van der Waals surface area contributed by atoms with Crippen molar-refractivity contribution in [1.82, 2.24) is 0 Å². The first-order chi connectivity index (χ1) is 15.1. The third kappa shape index (κ3) is 4.72. The summed E-state index contributed by atoms with van der Waals surface area (Å²) >= 11 is 0. The van der Waals surface area contributed by atoms with E-state index in [1.165, 1.54) is 6.07 Å². The van der Waals surface area contributed by atoms with Gasteiger partial charge >= 0.3 is 5.97 Å². The Balaban J connectivity index is 1.57. The average molecular weight is 410 g/mol. The van der Waals surface area contributed by atoms with E-state index in [9.17, 15) is 9.18 Å². The van der Waals surface area contributed by atoms with E-state index < -0.39 is 18.0 Å². The highest BCUT2D eigenvalue weighted by Crippen LogP contribution is 2.30. The zero-order valence-corrected chi connectivity index (χ0v) is 17.2. The molecule has 154 valence electrons. The lowest BCUT2D eigenvalue weighted by molar-refractivity contribution is -0.149. The van der Waals surface area contributed by atoms with Crippen molar-refractivity contribution in [3.05, 3.63) is 132 Å². The average Bonchev–Trinajstić information content (AvgIpc) is 2.83. The molecule has 4 aromatic rings. The number of hydrogen-bond acceptors (Lipinski definition) is 2. The molecule has 4 aromatic carbocycles. The molecular weight excluding hydrogens is 387 g/mol. The molecule has 0 aliphatic carbocycles. The number of rotatable bonds is 6. The molecule has 1 atom stereocenters. The molecule has 0 amide bonds. The van der Waals surface area contributed by atoms with E-state index in [2.05, 4.69) is 0 Å². The second kappa shape index (κ2) is 9.40. The van der Waals surface area contributed by atoms with Gasteiger partial charge in [-0.05, 0) is 35.2 Å². The van der Waals surface area contributed by atoms with Gasteiger partial charge in [0.1, 0.15) is 5.82 Å². The Labute approximate surface area is 182 Å². The van der Waals surface area contributed by atoms with Crippen LogP contribution in [0.4, 0.5) is 4.39 Å². The Morgan fingerprint density at radius 1 is 0.710 bits per heavy atom. The first-order valence-electron chi connectivity index (χ1n) is 10.3. The Kier molecular flexibility index (Phi) is 6.23. The van der Waals surface area contributed by atoms with Gasteiger partial charge in [-0.2, -0.15) is 0 Å². The van der Waals surface area contributed by atoms with Crippen molar-refractivity contribution in [3.63, 3.8) is 0 Å².